The van der Waals surface area contributed by atoms with Crippen LogP contribution >= 0.6 is 19.7 Å². The molecular formula is CH4OS2Te. The fourth-order valence-corrected chi connectivity index (χ4v) is 1.27. The Hall–Kier alpha value is 1.32. The van der Waals surface area contributed by atoms with Gasteiger partial charge in [0.05, 0.1) is 0 Å². The van der Waals surface area contributed by atoms with Crippen LogP contribution in [0.2, 0.25) is 0 Å². The fraction of sp³-hybridized carbons (Fsp3) is 0. The zero-order chi connectivity index (χ0) is 4.12. The van der Waals surface area contributed by atoms with Crippen molar-refractivity contribution in [3.63, 3.8) is 0 Å². The maximum absolute atomic E-state index is 7.94. The van der Waals surface area contributed by atoms with Crippen molar-refractivity contribution >= 4 is 43.0 Å². The van der Waals surface area contributed by atoms with Gasteiger partial charge >= 0.3 is 48.1 Å². The van der Waals surface area contributed by atoms with Crippen molar-refractivity contribution in [1.29, 1.82) is 0 Å². The van der Waals surface area contributed by atoms with E-state index in [1.807, 2.05) is 0 Å². The summed E-state index contributed by atoms with van der Waals surface area (Å²) in [6.45, 7) is 0. The molecule has 4 heteroatoms. The van der Waals surface area contributed by atoms with Gasteiger partial charge in [0.25, 0.3) is 0 Å². The van der Waals surface area contributed by atoms with Gasteiger partial charge in [0.15, 0.2) is 0 Å². The van der Waals surface area contributed by atoms with Crippen LogP contribution in [0.4, 0.5) is 0 Å². The van der Waals surface area contributed by atoms with Crippen LogP contribution in [0.1, 0.15) is 0 Å². The van der Waals surface area contributed by atoms with E-state index in [4.69, 9.17) is 5.11 Å². The van der Waals surface area contributed by atoms with Gasteiger partial charge in [-0.3, -0.25) is 0 Å². The summed E-state index contributed by atoms with van der Waals surface area (Å²) in [4.78, 5) is 0. The summed E-state index contributed by atoms with van der Waals surface area (Å²) in [6, 6.07) is 0. The molecule has 0 heterocycles. The van der Waals surface area contributed by atoms with Gasteiger partial charge in [-0.15, -0.1) is 0 Å². The second-order valence-corrected chi connectivity index (χ2v) is 7.83. The number of thiol groups is 1. The summed E-state index contributed by atoms with van der Waals surface area (Å²) in [5.74, 6) is 0. The Morgan fingerprint density at radius 2 is 2.60 bits per heavy atom. The van der Waals surface area contributed by atoms with Crippen molar-refractivity contribution in [2.24, 2.45) is 0 Å². The van der Waals surface area contributed by atoms with Gasteiger partial charge in [0.1, 0.15) is 0 Å². The van der Waals surface area contributed by atoms with E-state index in [0.717, 1.165) is 0 Å². The third kappa shape index (κ3) is 5.32. The van der Waals surface area contributed by atoms with Crippen molar-refractivity contribution in [1.82, 2.24) is 0 Å². The minimum absolute atomic E-state index is 0.433. The summed E-state index contributed by atoms with van der Waals surface area (Å²) < 4.78 is 1.22. The van der Waals surface area contributed by atoms with E-state index in [1.165, 1.54) is 12.3 Å². The standard InChI is InChI=1S/CH4OS2Te/c2-1-5-4-3/h1-3,5H. The molecule has 32 valence electrons. The van der Waals surface area contributed by atoms with E-state index in [1.54, 1.807) is 0 Å². The third-order valence-corrected chi connectivity index (χ3v) is 3.79. The van der Waals surface area contributed by atoms with Crippen LogP contribution in [-0.4, -0.2) is 28.4 Å². The predicted octanol–water partition coefficient (Wildman–Crippen LogP) is 0.0481. The number of rotatable bonds is 1. The van der Waals surface area contributed by atoms with Crippen LogP contribution in [0, 0.1) is 0 Å². The number of aliphatic hydroxyl groups is 1. The van der Waals surface area contributed by atoms with Crippen molar-refractivity contribution in [2.45, 2.75) is 0 Å². The van der Waals surface area contributed by atoms with E-state index in [2.05, 4.69) is 11.7 Å². The molecule has 0 rings (SSSR count). The molecule has 0 fully saturated rings. The van der Waals surface area contributed by atoms with Gasteiger partial charge in [-0.2, -0.15) is 0 Å². The zero-order valence-corrected chi connectivity index (χ0v) is 6.59. The van der Waals surface area contributed by atoms with E-state index in [0.29, 0.717) is 0 Å². The van der Waals surface area contributed by atoms with Crippen LogP contribution in [0.25, 0.3) is 0 Å². The third-order valence-electron chi connectivity index (χ3n) is 0.0943. The average molecular weight is 224 g/mol. The van der Waals surface area contributed by atoms with Crippen LogP contribution in [0.3, 0.4) is 0 Å². The first-order valence-corrected chi connectivity index (χ1v) is 7.31. The zero-order valence-electron chi connectivity index (χ0n) is 2.33. The Bertz CT molecular complexity index is 36.6. The van der Waals surface area contributed by atoms with E-state index >= 15 is 0 Å². The molecule has 0 aliphatic heterocycles. The van der Waals surface area contributed by atoms with Crippen LogP contribution in [-0.2, 0) is 0 Å². The SMILES string of the molecule is OC=[TeH]SS. The quantitative estimate of drug-likeness (QED) is 0.372. The molecule has 0 bridgehead atoms. The molecule has 0 saturated carbocycles. The van der Waals surface area contributed by atoms with Crippen molar-refractivity contribution in [3.05, 3.63) is 0 Å². The first kappa shape index (κ1) is 6.32. The van der Waals surface area contributed by atoms with Crippen LogP contribution in [0.15, 0.2) is 0 Å². The topological polar surface area (TPSA) is 20.2 Å². The number of aliphatic hydroxyl groups excluding tert-OH is 1. The molecular weight excluding hydrogens is 220 g/mol. The summed E-state index contributed by atoms with van der Waals surface area (Å²) in [5, 5.41) is 7.94. The number of hydrogen-bond donors (Lipinski definition) is 2. The summed E-state index contributed by atoms with van der Waals surface area (Å²) in [6.07, 6.45) is 0. The molecule has 0 atom stereocenters. The molecule has 0 amide bonds. The molecule has 0 spiro atoms. The molecule has 0 aliphatic rings. The first-order chi connectivity index (χ1) is 2.41. The van der Waals surface area contributed by atoms with Gasteiger partial charge in [0.2, 0.25) is 0 Å². The molecule has 0 aromatic rings. The molecule has 0 radical (unpaired) electrons. The van der Waals surface area contributed by atoms with Gasteiger partial charge in [-0.05, 0) is 0 Å². The molecule has 0 aromatic carbocycles. The van der Waals surface area contributed by atoms with Gasteiger partial charge in [-0.25, -0.2) is 0 Å². The number of hydrogen-bond acceptors (Lipinski definition) is 3. The Morgan fingerprint density at radius 3 is 2.60 bits per heavy atom. The molecule has 0 aromatic heterocycles. The van der Waals surface area contributed by atoms with Gasteiger partial charge < -0.3 is 0 Å². The predicted molar refractivity (Wildman–Crippen MR) is 31.7 cm³/mol. The summed E-state index contributed by atoms with van der Waals surface area (Å²) in [5.41, 5.74) is 0. The Labute approximate surface area is 48.0 Å². The second-order valence-electron chi connectivity index (χ2n) is 0.303. The normalized spacial score (nSPS) is 11.6. The van der Waals surface area contributed by atoms with E-state index in [-0.39, 0.29) is 0 Å². The van der Waals surface area contributed by atoms with Crippen LogP contribution in [0.5, 0.6) is 0 Å². The molecule has 5 heavy (non-hydrogen) atoms. The summed E-state index contributed by atoms with van der Waals surface area (Å²) in [7, 11) is 1.44. The average Bonchev–Trinajstić information content (AvgIpc) is 1.41. The monoisotopic (exact) mass is 226 g/mol. The molecule has 0 unspecified atom stereocenters. The Morgan fingerprint density at radius 1 is 2.00 bits per heavy atom. The first-order valence-electron chi connectivity index (χ1n) is 0.882. The molecule has 1 nitrogen and oxygen atoms in total. The fourth-order valence-electron chi connectivity index (χ4n) is 0.0211. The molecule has 1 N–H and O–H groups in total. The van der Waals surface area contributed by atoms with Crippen molar-refractivity contribution in [2.75, 3.05) is 0 Å². The Balaban J connectivity index is 2.62. The van der Waals surface area contributed by atoms with E-state index < -0.39 is 19.1 Å². The maximum atomic E-state index is 7.94. The summed E-state index contributed by atoms with van der Waals surface area (Å²) >= 11 is 3.36. The van der Waals surface area contributed by atoms with Crippen molar-refractivity contribution < 1.29 is 5.11 Å². The second kappa shape index (κ2) is 5.32. The molecule has 0 aliphatic carbocycles. The minimum atomic E-state index is -0.433. The van der Waals surface area contributed by atoms with E-state index in [9.17, 15) is 0 Å². The Kier molecular flexibility index (Phi) is 6.72. The molecule has 0 saturated heterocycles. The van der Waals surface area contributed by atoms with Gasteiger partial charge in [-0.1, -0.05) is 0 Å². The van der Waals surface area contributed by atoms with Gasteiger partial charge in [0, 0.05) is 0 Å². The van der Waals surface area contributed by atoms with Crippen LogP contribution < -0.4 is 0 Å². The van der Waals surface area contributed by atoms with Crippen molar-refractivity contribution in [3.8, 4) is 0 Å².